The minimum Gasteiger partial charge on any atom is -0.488 e. The van der Waals surface area contributed by atoms with Gasteiger partial charge in [-0.1, -0.05) is 0 Å². The number of methoxy groups -OCH3 is 1. The first-order valence-corrected chi connectivity index (χ1v) is 6.30. The molecule has 0 unspecified atom stereocenters. The molecule has 3 heterocycles. The topological polar surface area (TPSA) is 91.2 Å². The molecule has 3 rings (SSSR count). The highest BCUT2D eigenvalue weighted by molar-refractivity contribution is 5.70. The Morgan fingerprint density at radius 1 is 1.52 bits per heavy atom. The first kappa shape index (κ1) is 13.0. The molecule has 0 bridgehead atoms. The van der Waals surface area contributed by atoms with Crippen molar-refractivity contribution in [3.63, 3.8) is 0 Å². The van der Waals surface area contributed by atoms with Crippen molar-refractivity contribution in [3.05, 3.63) is 40.4 Å². The molecule has 7 heteroatoms. The van der Waals surface area contributed by atoms with Gasteiger partial charge in [-0.2, -0.15) is 5.26 Å². The SMILES string of the molecule is COc1ncc(N2CCOc3c[nH]c(=O)cc32)cc1C#N. The van der Waals surface area contributed by atoms with Gasteiger partial charge in [0.05, 0.1) is 31.2 Å². The summed E-state index contributed by atoms with van der Waals surface area (Å²) in [5.41, 5.74) is 1.49. The van der Waals surface area contributed by atoms with Crippen LogP contribution in [0, 0.1) is 11.3 Å². The fourth-order valence-corrected chi connectivity index (χ4v) is 2.24. The molecule has 0 amide bonds. The molecular formula is C14H12N4O3. The number of ether oxygens (including phenoxy) is 2. The van der Waals surface area contributed by atoms with E-state index in [2.05, 4.69) is 9.97 Å². The van der Waals surface area contributed by atoms with Gasteiger partial charge in [-0.05, 0) is 6.07 Å². The van der Waals surface area contributed by atoms with E-state index >= 15 is 0 Å². The molecule has 1 N–H and O–H groups in total. The number of nitrogens with one attached hydrogen (secondary N) is 1. The summed E-state index contributed by atoms with van der Waals surface area (Å²) < 4.78 is 10.5. The molecule has 0 aromatic carbocycles. The molecule has 0 aliphatic carbocycles. The Labute approximate surface area is 120 Å². The highest BCUT2D eigenvalue weighted by Gasteiger charge is 2.21. The maximum Gasteiger partial charge on any atom is 0.250 e. The summed E-state index contributed by atoms with van der Waals surface area (Å²) in [5, 5.41) is 9.14. The first-order valence-electron chi connectivity index (χ1n) is 6.30. The number of rotatable bonds is 2. The predicted molar refractivity (Wildman–Crippen MR) is 75.1 cm³/mol. The highest BCUT2D eigenvalue weighted by atomic mass is 16.5. The summed E-state index contributed by atoms with van der Waals surface area (Å²) in [6, 6.07) is 5.19. The Balaban J connectivity index is 2.09. The van der Waals surface area contributed by atoms with Gasteiger partial charge in [0.2, 0.25) is 11.4 Å². The van der Waals surface area contributed by atoms with Crippen LogP contribution in [0.2, 0.25) is 0 Å². The smallest absolute Gasteiger partial charge is 0.250 e. The van der Waals surface area contributed by atoms with Gasteiger partial charge in [-0.25, -0.2) is 4.98 Å². The van der Waals surface area contributed by atoms with Crippen LogP contribution in [0.25, 0.3) is 0 Å². The van der Waals surface area contributed by atoms with Crippen LogP contribution in [0.1, 0.15) is 5.56 Å². The van der Waals surface area contributed by atoms with Crippen molar-refractivity contribution in [2.75, 3.05) is 25.2 Å². The van der Waals surface area contributed by atoms with E-state index in [1.54, 1.807) is 12.3 Å². The summed E-state index contributed by atoms with van der Waals surface area (Å²) in [6.07, 6.45) is 3.14. The monoisotopic (exact) mass is 284 g/mol. The summed E-state index contributed by atoms with van der Waals surface area (Å²) in [7, 11) is 1.46. The van der Waals surface area contributed by atoms with Crippen LogP contribution in [-0.4, -0.2) is 30.2 Å². The van der Waals surface area contributed by atoms with Crippen LogP contribution in [0.4, 0.5) is 11.4 Å². The van der Waals surface area contributed by atoms with E-state index in [4.69, 9.17) is 14.7 Å². The zero-order valence-electron chi connectivity index (χ0n) is 11.3. The minimum atomic E-state index is -0.216. The number of anilines is 2. The quantitative estimate of drug-likeness (QED) is 0.890. The number of pyridine rings is 2. The second-order valence-electron chi connectivity index (χ2n) is 4.41. The third-order valence-electron chi connectivity index (χ3n) is 3.19. The first-order chi connectivity index (χ1) is 10.2. The van der Waals surface area contributed by atoms with Crippen LogP contribution >= 0.6 is 0 Å². The summed E-state index contributed by atoms with van der Waals surface area (Å²) in [6.45, 7) is 1.04. The second-order valence-corrected chi connectivity index (χ2v) is 4.41. The molecule has 7 nitrogen and oxygen atoms in total. The third-order valence-corrected chi connectivity index (χ3v) is 3.19. The zero-order valence-corrected chi connectivity index (χ0v) is 11.3. The van der Waals surface area contributed by atoms with Gasteiger partial charge in [0.15, 0.2) is 5.75 Å². The van der Waals surface area contributed by atoms with Gasteiger partial charge in [0.1, 0.15) is 18.2 Å². The summed E-state index contributed by atoms with van der Waals surface area (Å²) >= 11 is 0. The molecule has 0 spiro atoms. The highest BCUT2D eigenvalue weighted by Crippen LogP contribution is 2.35. The van der Waals surface area contributed by atoms with Gasteiger partial charge in [-0.15, -0.1) is 0 Å². The molecule has 0 saturated carbocycles. The van der Waals surface area contributed by atoms with Crippen LogP contribution in [-0.2, 0) is 0 Å². The van der Waals surface area contributed by atoms with E-state index in [0.29, 0.717) is 35.8 Å². The van der Waals surface area contributed by atoms with Crippen LogP contribution in [0.3, 0.4) is 0 Å². The van der Waals surface area contributed by atoms with Crippen LogP contribution < -0.4 is 19.9 Å². The number of aromatic amines is 1. The zero-order chi connectivity index (χ0) is 14.8. The van der Waals surface area contributed by atoms with Crippen LogP contribution in [0.15, 0.2) is 29.3 Å². The molecule has 21 heavy (non-hydrogen) atoms. The maximum absolute atomic E-state index is 11.5. The Bertz CT molecular complexity index is 779. The largest absolute Gasteiger partial charge is 0.488 e. The lowest BCUT2D eigenvalue weighted by molar-refractivity contribution is 0.312. The van der Waals surface area contributed by atoms with E-state index in [9.17, 15) is 4.79 Å². The van der Waals surface area contributed by atoms with Gasteiger partial charge in [0.25, 0.3) is 0 Å². The fraction of sp³-hybridized carbons (Fsp3) is 0.214. The summed E-state index contributed by atoms with van der Waals surface area (Å²) in [5.74, 6) is 0.871. The molecule has 2 aromatic rings. The van der Waals surface area contributed by atoms with Crippen molar-refractivity contribution in [1.82, 2.24) is 9.97 Å². The van der Waals surface area contributed by atoms with Crippen molar-refractivity contribution in [2.24, 2.45) is 0 Å². The third kappa shape index (κ3) is 2.27. The molecule has 1 aliphatic rings. The van der Waals surface area contributed by atoms with E-state index in [0.717, 1.165) is 0 Å². The van der Waals surface area contributed by atoms with Gasteiger partial charge >= 0.3 is 0 Å². The molecule has 0 atom stereocenters. The van der Waals surface area contributed by atoms with Crippen molar-refractivity contribution in [3.8, 4) is 17.7 Å². The van der Waals surface area contributed by atoms with Crippen molar-refractivity contribution >= 4 is 11.4 Å². The van der Waals surface area contributed by atoms with E-state index in [-0.39, 0.29) is 11.4 Å². The number of fused-ring (bicyclic) bond motifs is 1. The number of nitrogens with zero attached hydrogens (tertiary/aromatic N) is 3. The minimum absolute atomic E-state index is 0.216. The lowest BCUT2D eigenvalue weighted by Crippen LogP contribution is -2.30. The van der Waals surface area contributed by atoms with Crippen molar-refractivity contribution in [2.45, 2.75) is 0 Å². The Morgan fingerprint density at radius 3 is 3.14 bits per heavy atom. The van der Waals surface area contributed by atoms with E-state index < -0.39 is 0 Å². The number of hydrogen-bond donors (Lipinski definition) is 1. The molecule has 1 aliphatic heterocycles. The lowest BCUT2D eigenvalue weighted by atomic mass is 10.2. The lowest BCUT2D eigenvalue weighted by Gasteiger charge is -2.30. The predicted octanol–water partition coefficient (Wildman–Crippen LogP) is 1.18. The summed E-state index contributed by atoms with van der Waals surface area (Å²) in [4.78, 5) is 20.1. The second kappa shape index (κ2) is 5.17. The normalized spacial score (nSPS) is 13.0. The average Bonchev–Trinajstić information content (AvgIpc) is 2.53. The maximum atomic E-state index is 11.5. The molecule has 0 fully saturated rings. The molecular weight excluding hydrogens is 272 g/mol. The van der Waals surface area contributed by atoms with Crippen molar-refractivity contribution < 1.29 is 9.47 Å². The van der Waals surface area contributed by atoms with Crippen molar-refractivity contribution in [1.29, 1.82) is 5.26 Å². The molecule has 2 aromatic heterocycles. The average molecular weight is 284 g/mol. The standard InChI is InChI=1S/C14H12N4O3/c1-20-14-9(6-15)4-10(7-17-14)18-2-3-21-12-8-16-13(19)5-11(12)18/h4-5,7-8H,2-3H2,1H3,(H,16,19). The van der Waals surface area contributed by atoms with Gasteiger partial charge in [-0.3, -0.25) is 4.79 Å². The fourth-order valence-electron chi connectivity index (χ4n) is 2.24. The number of hydrogen-bond acceptors (Lipinski definition) is 6. The number of H-pyrrole nitrogens is 1. The van der Waals surface area contributed by atoms with E-state index in [1.807, 2.05) is 11.0 Å². The number of nitriles is 1. The molecule has 106 valence electrons. The molecule has 0 radical (unpaired) electrons. The molecule has 0 saturated heterocycles. The van der Waals surface area contributed by atoms with Gasteiger partial charge < -0.3 is 19.4 Å². The Morgan fingerprint density at radius 2 is 2.38 bits per heavy atom. The Kier molecular flexibility index (Phi) is 3.20. The number of aromatic nitrogens is 2. The Hall–Kier alpha value is -3.01. The van der Waals surface area contributed by atoms with E-state index in [1.165, 1.54) is 19.4 Å². The van der Waals surface area contributed by atoms with Crippen LogP contribution in [0.5, 0.6) is 11.6 Å². The van der Waals surface area contributed by atoms with Gasteiger partial charge in [0, 0.05) is 12.3 Å².